The van der Waals surface area contributed by atoms with Gasteiger partial charge in [0.1, 0.15) is 23.7 Å². The molecule has 3 rings (SSSR count). The topological polar surface area (TPSA) is 108 Å². The molecule has 1 aliphatic heterocycles. The minimum Gasteiger partial charge on any atom is -0.378 e. The average Bonchev–Trinajstić information content (AvgIpc) is 2.94. The van der Waals surface area contributed by atoms with Gasteiger partial charge in [0.15, 0.2) is 6.10 Å². The number of aliphatic hydroxyl groups excluding tert-OH is 1. The Morgan fingerprint density at radius 3 is 2.41 bits per heavy atom. The number of rotatable bonds is 6. The highest BCUT2D eigenvalue weighted by Gasteiger charge is 2.32. The van der Waals surface area contributed by atoms with Gasteiger partial charge < -0.3 is 21.1 Å². The first-order valence-electron chi connectivity index (χ1n) is 10.0. The van der Waals surface area contributed by atoms with Crippen LogP contribution in [0.15, 0.2) is 60.7 Å². The lowest BCUT2D eigenvalue weighted by Crippen LogP contribution is -2.54. The molecular weight excluding hydrogens is 420 g/mol. The van der Waals surface area contributed by atoms with Crippen LogP contribution in [0.3, 0.4) is 0 Å². The van der Waals surface area contributed by atoms with E-state index >= 15 is 0 Å². The Kier molecular flexibility index (Phi) is 7.32. The lowest BCUT2D eigenvalue weighted by molar-refractivity contribution is -0.135. The average molecular weight is 443 g/mol. The molecule has 32 heavy (non-hydrogen) atoms. The Morgan fingerprint density at radius 1 is 1.09 bits per heavy atom. The van der Waals surface area contributed by atoms with E-state index in [1.807, 2.05) is 36.4 Å². The second kappa shape index (κ2) is 10.1. The standard InChI is InChI=1S/C23H23F2N3O4/c1-13(27-23(32)20(29)15-10-16(24)12-17(25)11-15)21(30)28-19-18(8-5-9-26-22(19)31)14-6-3-2-4-7-14/h2-8,10-13,18-20,29H,9H2,1H3,(H,26,31)(H,27,32)(H,28,30)/t13-,18-,19-,20-/m0/s1. The molecule has 2 aromatic carbocycles. The summed E-state index contributed by atoms with van der Waals surface area (Å²) in [5.41, 5.74) is 0.538. The fourth-order valence-corrected chi connectivity index (χ4v) is 3.41. The summed E-state index contributed by atoms with van der Waals surface area (Å²) in [6.45, 7) is 1.69. The van der Waals surface area contributed by atoms with Crippen LogP contribution in [0.25, 0.3) is 0 Å². The quantitative estimate of drug-likeness (QED) is 0.507. The predicted molar refractivity (Wildman–Crippen MR) is 112 cm³/mol. The number of halogens is 2. The van der Waals surface area contributed by atoms with E-state index in [1.54, 1.807) is 6.08 Å². The number of hydrogen-bond acceptors (Lipinski definition) is 4. The molecule has 7 nitrogen and oxygen atoms in total. The van der Waals surface area contributed by atoms with Gasteiger partial charge in [-0.3, -0.25) is 14.4 Å². The predicted octanol–water partition coefficient (Wildman–Crippen LogP) is 1.46. The molecule has 0 spiro atoms. The summed E-state index contributed by atoms with van der Waals surface area (Å²) in [7, 11) is 0. The van der Waals surface area contributed by atoms with Gasteiger partial charge in [-0.1, -0.05) is 42.5 Å². The highest BCUT2D eigenvalue weighted by atomic mass is 19.1. The molecular formula is C23H23F2N3O4. The van der Waals surface area contributed by atoms with Crippen molar-refractivity contribution in [1.82, 2.24) is 16.0 Å². The molecule has 0 aliphatic carbocycles. The summed E-state index contributed by atoms with van der Waals surface area (Å²) in [6, 6.07) is 9.37. The van der Waals surface area contributed by atoms with Gasteiger partial charge >= 0.3 is 0 Å². The van der Waals surface area contributed by atoms with Crippen LogP contribution in [0.4, 0.5) is 8.78 Å². The highest BCUT2D eigenvalue weighted by Crippen LogP contribution is 2.23. The Balaban J connectivity index is 1.69. The van der Waals surface area contributed by atoms with Crippen molar-refractivity contribution in [3.8, 4) is 0 Å². The van der Waals surface area contributed by atoms with Gasteiger partial charge in [-0.15, -0.1) is 0 Å². The molecule has 0 fully saturated rings. The van der Waals surface area contributed by atoms with Crippen LogP contribution < -0.4 is 16.0 Å². The molecule has 0 aromatic heterocycles. The Morgan fingerprint density at radius 2 is 1.75 bits per heavy atom. The molecule has 0 saturated heterocycles. The van der Waals surface area contributed by atoms with Crippen LogP contribution in [0.1, 0.15) is 30.1 Å². The lowest BCUT2D eigenvalue weighted by Gasteiger charge is -2.26. The van der Waals surface area contributed by atoms with E-state index in [9.17, 15) is 28.3 Å². The number of nitrogens with one attached hydrogen (secondary N) is 3. The normalized spacial score (nSPS) is 19.9. The second-order valence-electron chi connectivity index (χ2n) is 7.43. The van der Waals surface area contributed by atoms with E-state index in [0.29, 0.717) is 12.6 Å². The maximum absolute atomic E-state index is 13.4. The van der Waals surface area contributed by atoms with Gasteiger partial charge in [0.2, 0.25) is 11.8 Å². The van der Waals surface area contributed by atoms with Crippen LogP contribution >= 0.6 is 0 Å². The smallest absolute Gasteiger partial charge is 0.254 e. The van der Waals surface area contributed by atoms with E-state index in [0.717, 1.165) is 17.7 Å². The maximum atomic E-state index is 13.4. The van der Waals surface area contributed by atoms with Crippen LogP contribution in [0.5, 0.6) is 0 Å². The third kappa shape index (κ3) is 5.55. The number of aliphatic hydroxyl groups is 1. The van der Waals surface area contributed by atoms with E-state index in [1.165, 1.54) is 6.92 Å². The number of carbonyl (C=O) groups excluding carboxylic acids is 3. The summed E-state index contributed by atoms with van der Waals surface area (Å²) in [5.74, 6) is -4.37. The van der Waals surface area contributed by atoms with Crippen LogP contribution in [0.2, 0.25) is 0 Å². The van der Waals surface area contributed by atoms with Gasteiger partial charge in [-0.05, 0) is 30.2 Å². The molecule has 4 N–H and O–H groups in total. The summed E-state index contributed by atoms with van der Waals surface area (Å²) in [4.78, 5) is 37.6. The summed E-state index contributed by atoms with van der Waals surface area (Å²) >= 11 is 0. The number of hydrogen-bond donors (Lipinski definition) is 4. The highest BCUT2D eigenvalue weighted by molar-refractivity contribution is 5.93. The molecule has 0 unspecified atom stereocenters. The van der Waals surface area contributed by atoms with Crippen LogP contribution in [-0.4, -0.2) is 41.5 Å². The molecule has 0 bridgehead atoms. The third-order valence-electron chi connectivity index (χ3n) is 5.06. The van der Waals surface area contributed by atoms with Gasteiger partial charge in [0, 0.05) is 18.5 Å². The molecule has 0 radical (unpaired) electrons. The molecule has 9 heteroatoms. The molecule has 0 saturated carbocycles. The fourth-order valence-electron chi connectivity index (χ4n) is 3.41. The first-order chi connectivity index (χ1) is 15.3. The van der Waals surface area contributed by atoms with E-state index in [4.69, 9.17) is 0 Å². The molecule has 2 aromatic rings. The maximum Gasteiger partial charge on any atom is 0.254 e. The zero-order chi connectivity index (χ0) is 23.3. The van der Waals surface area contributed by atoms with E-state index in [2.05, 4.69) is 16.0 Å². The zero-order valence-corrected chi connectivity index (χ0v) is 17.2. The van der Waals surface area contributed by atoms with Gasteiger partial charge in [-0.25, -0.2) is 8.78 Å². The summed E-state index contributed by atoms with van der Waals surface area (Å²) in [6.07, 6.45) is 1.74. The largest absolute Gasteiger partial charge is 0.378 e. The van der Waals surface area contributed by atoms with Crippen molar-refractivity contribution in [3.63, 3.8) is 0 Å². The van der Waals surface area contributed by atoms with Crippen molar-refractivity contribution >= 4 is 17.7 Å². The van der Waals surface area contributed by atoms with Crippen molar-refractivity contribution in [2.75, 3.05) is 6.54 Å². The van der Waals surface area contributed by atoms with Crippen molar-refractivity contribution in [2.45, 2.75) is 31.0 Å². The van der Waals surface area contributed by atoms with Crippen molar-refractivity contribution in [2.24, 2.45) is 0 Å². The minimum atomic E-state index is -1.88. The summed E-state index contributed by atoms with van der Waals surface area (Å²) < 4.78 is 26.7. The number of amides is 3. The zero-order valence-electron chi connectivity index (χ0n) is 17.2. The first-order valence-corrected chi connectivity index (χ1v) is 10.0. The van der Waals surface area contributed by atoms with Crippen molar-refractivity contribution in [3.05, 3.63) is 83.4 Å². The van der Waals surface area contributed by atoms with Gasteiger partial charge in [-0.2, -0.15) is 0 Å². The summed E-state index contributed by atoms with van der Waals surface area (Å²) in [5, 5.41) is 17.7. The van der Waals surface area contributed by atoms with E-state index < -0.39 is 47.6 Å². The Bertz CT molecular complexity index is 1010. The van der Waals surface area contributed by atoms with Crippen molar-refractivity contribution in [1.29, 1.82) is 0 Å². The first kappa shape index (κ1) is 23.1. The van der Waals surface area contributed by atoms with Gasteiger partial charge in [0.05, 0.1) is 0 Å². The van der Waals surface area contributed by atoms with E-state index in [-0.39, 0.29) is 11.5 Å². The van der Waals surface area contributed by atoms with Crippen LogP contribution in [-0.2, 0) is 14.4 Å². The monoisotopic (exact) mass is 443 g/mol. The molecule has 4 atom stereocenters. The molecule has 3 amide bonds. The second-order valence-corrected chi connectivity index (χ2v) is 7.43. The Labute approximate surface area is 183 Å². The minimum absolute atomic E-state index is 0.287. The van der Waals surface area contributed by atoms with Crippen molar-refractivity contribution < 1.29 is 28.3 Å². The lowest BCUT2D eigenvalue weighted by atomic mass is 9.90. The Hall–Kier alpha value is -3.59. The van der Waals surface area contributed by atoms with Gasteiger partial charge in [0.25, 0.3) is 5.91 Å². The fraction of sp³-hybridized carbons (Fsp3) is 0.261. The molecule has 1 heterocycles. The molecule has 168 valence electrons. The molecule has 1 aliphatic rings. The number of carbonyl (C=O) groups is 3. The third-order valence-corrected chi connectivity index (χ3v) is 5.06. The SMILES string of the molecule is C[C@H](NC(=O)[C@@H](O)c1cc(F)cc(F)c1)C(=O)N[C@@H]1C(=O)NCC=C[C@H]1c1ccccc1. The van der Waals surface area contributed by atoms with Crippen LogP contribution in [0, 0.1) is 11.6 Å². The number of benzene rings is 2.